The number of aromatic nitrogens is 1. The van der Waals surface area contributed by atoms with Crippen molar-refractivity contribution in [2.24, 2.45) is 0 Å². The lowest BCUT2D eigenvalue weighted by molar-refractivity contribution is -0.139. The molecule has 0 aliphatic carbocycles. The summed E-state index contributed by atoms with van der Waals surface area (Å²) < 4.78 is 20.2. The summed E-state index contributed by atoms with van der Waals surface area (Å²) in [7, 11) is 0. The van der Waals surface area contributed by atoms with Crippen LogP contribution in [0.5, 0.6) is 5.75 Å². The minimum atomic E-state index is -1.06. The Balaban J connectivity index is 2.14. The highest BCUT2D eigenvalue weighted by Gasteiger charge is 2.12. The second-order valence-electron chi connectivity index (χ2n) is 4.68. The molecule has 6 heteroatoms. The van der Waals surface area contributed by atoms with Crippen LogP contribution in [0.15, 0.2) is 48.7 Å². The number of ether oxygens (including phenoxy) is 1. The van der Waals surface area contributed by atoms with E-state index in [0.29, 0.717) is 10.8 Å². The average Bonchev–Trinajstić information content (AvgIpc) is 2.84. The molecule has 3 aromatic rings. The number of aliphatic carboxylic acids is 1. The minimum Gasteiger partial charge on any atom is -0.480 e. The van der Waals surface area contributed by atoms with Crippen LogP contribution in [0.1, 0.15) is 0 Å². The van der Waals surface area contributed by atoms with Gasteiger partial charge in [0, 0.05) is 16.1 Å². The van der Waals surface area contributed by atoms with E-state index < -0.39 is 12.6 Å². The van der Waals surface area contributed by atoms with E-state index in [2.05, 4.69) is 0 Å². The molecule has 22 heavy (non-hydrogen) atoms. The zero-order valence-electron chi connectivity index (χ0n) is 11.3. The van der Waals surface area contributed by atoms with Gasteiger partial charge in [0.2, 0.25) is 0 Å². The van der Waals surface area contributed by atoms with Crippen LogP contribution in [0, 0.1) is 5.82 Å². The fraction of sp³-hybridized carbons (Fsp3) is 0.0625. The van der Waals surface area contributed by atoms with Crippen LogP contribution in [0.25, 0.3) is 16.6 Å². The van der Waals surface area contributed by atoms with Crippen molar-refractivity contribution in [2.45, 2.75) is 0 Å². The molecule has 0 radical (unpaired) electrons. The van der Waals surface area contributed by atoms with Gasteiger partial charge in [-0.3, -0.25) is 0 Å². The first-order valence-corrected chi connectivity index (χ1v) is 6.83. The molecule has 4 nitrogen and oxygen atoms in total. The van der Waals surface area contributed by atoms with E-state index in [1.807, 2.05) is 0 Å². The van der Waals surface area contributed by atoms with Crippen LogP contribution in [0.3, 0.4) is 0 Å². The van der Waals surface area contributed by atoms with Crippen LogP contribution in [-0.4, -0.2) is 22.2 Å². The Morgan fingerprint density at radius 1 is 1.23 bits per heavy atom. The highest BCUT2D eigenvalue weighted by atomic mass is 35.5. The zero-order valence-corrected chi connectivity index (χ0v) is 12.0. The van der Waals surface area contributed by atoms with Crippen molar-refractivity contribution < 1.29 is 19.0 Å². The molecule has 3 rings (SSSR count). The van der Waals surface area contributed by atoms with Gasteiger partial charge in [0.1, 0.15) is 11.6 Å². The molecule has 1 N–H and O–H groups in total. The number of carbonyl (C=O) groups is 1. The number of hydrogen-bond acceptors (Lipinski definition) is 2. The van der Waals surface area contributed by atoms with Gasteiger partial charge in [0.15, 0.2) is 6.61 Å². The van der Waals surface area contributed by atoms with Crippen molar-refractivity contribution in [3.05, 3.63) is 59.5 Å². The molecule has 0 saturated heterocycles. The van der Waals surface area contributed by atoms with Crippen molar-refractivity contribution in [1.82, 2.24) is 4.57 Å². The number of benzene rings is 2. The van der Waals surface area contributed by atoms with E-state index in [4.69, 9.17) is 21.4 Å². The zero-order chi connectivity index (χ0) is 15.7. The first kappa shape index (κ1) is 14.4. The van der Waals surface area contributed by atoms with Crippen molar-refractivity contribution in [1.29, 1.82) is 0 Å². The molecule has 1 aromatic heterocycles. The SMILES string of the molecule is O=C(O)COc1cn(-c2ccc(F)cc2)c2cc(Cl)ccc12. The molecule has 0 bridgehead atoms. The summed E-state index contributed by atoms with van der Waals surface area (Å²) in [6.45, 7) is -0.439. The maximum Gasteiger partial charge on any atom is 0.341 e. The first-order chi connectivity index (χ1) is 10.5. The van der Waals surface area contributed by atoms with Crippen molar-refractivity contribution in [3.63, 3.8) is 0 Å². The number of carboxylic acid groups (broad SMARTS) is 1. The lowest BCUT2D eigenvalue weighted by Crippen LogP contribution is -2.09. The van der Waals surface area contributed by atoms with Gasteiger partial charge < -0.3 is 14.4 Å². The monoisotopic (exact) mass is 319 g/mol. The lowest BCUT2D eigenvalue weighted by Gasteiger charge is -2.04. The summed E-state index contributed by atoms with van der Waals surface area (Å²) in [4.78, 5) is 10.7. The van der Waals surface area contributed by atoms with E-state index in [0.717, 1.165) is 16.6 Å². The summed E-state index contributed by atoms with van der Waals surface area (Å²) in [5.41, 5.74) is 1.47. The van der Waals surface area contributed by atoms with Gasteiger partial charge in [-0.05, 0) is 42.5 Å². The quantitative estimate of drug-likeness (QED) is 0.794. The highest BCUT2D eigenvalue weighted by Crippen LogP contribution is 2.32. The van der Waals surface area contributed by atoms with Crippen LogP contribution in [-0.2, 0) is 4.79 Å². The van der Waals surface area contributed by atoms with E-state index in [1.54, 1.807) is 41.1 Å². The minimum absolute atomic E-state index is 0.333. The second kappa shape index (κ2) is 5.69. The molecule has 112 valence electrons. The van der Waals surface area contributed by atoms with Gasteiger partial charge in [-0.2, -0.15) is 0 Å². The van der Waals surface area contributed by atoms with Crippen molar-refractivity contribution in [3.8, 4) is 11.4 Å². The number of rotatable bonds is 4. The maximum atomic E-state index is 13.1. The van der Waals surface area contributed by atoms with Gasteiger partial charge in [0.05, 0.1) is 11.7 Å². The Morgan fingerprint density at radius 2 is 1.95 bits per heavy atom. The predicted molar refractivity (Wildman–Crippen MR) is 81.4 cm³/mol. The lowest BCUT2D eigenvalue weighted by atomic mass is 10.2. The Kier molecular flexibility index (Phi) is 3.73. The van der Waals surface area contributed by atoms with Gasteiger partial charge >= 0.3 is 5.97 Å². The number of fused-ring (bicyclic) bond motifs is 1. The van der Waals surface area contributed by atoms with E-state index in [-0.39, 0.29) is 5.82 Å². The fourth-order valence-electron chi connectivity index (χ4n) is 2.24. The van der Waals surface area contributed by atoms with Crippen molar-refractivity contribution >= 4 is 28.5 Å². The molecular weight excluding hydrogens is 309 g/mol. The molecule has 2 aromatic carbocycles. The largest absolute Gasteiger partial charge is 0.480 e. The van der Waals surface area contributed by atoms with Gasteiger partial charge in [0.25, 0.3) is 0 Å². The fourth-order valence-corrected chi connectivity index (χ4v) is 2.40. The Morgan fingerprint density at radius 3 is 2.64 bits per heavy atom. The van der Waals surface area contributed by atoms with Gasteiger partial charge in [-0.1, -0.05) is 11.6 Å². The number of halogens is 2. The number of hydrogen-bond donors (Lipinski definition) is 1. The standard InChI is InChI=1S/C16H11ClFNO3/c17-10-1-6-13-14(7-10)19(8-15(13)22-9-16(20)21)12-4-2-11(18)3-5-12/h1-8H,9H2,(H,20,21). The Labute approximate surface area is 130 Å². The molecule has 0 aliphatic rings. The molecule has 0 unspecified atom stereocenters. The molecule has 0 aliphatic heterocycles. The molecule has 0 spiro atoms. The summed E-state index contributed by atoms with van der Waals surface area (Å²) in [5, 5.41) is 10.0. The molecule has 1 heterocycles. The van der Waals surface area contributed by atoms with Crippen LogP contribution < -0.4 is 4.74 Å². The normalized spacial score (nSPS) is 10.8. The summed E-state index contributed by atoms with van der Waals surface area (Å²) in [5.74, 6) is -0.962. The van der Waals surface area contributed by atoms with Crippen molar-refractivity contribution in [2.75, 3.05) is 6.61 Å². The third-order valence-corrected chi connectivity index (χ3v) is 3.42. The first-order valence-electron chi connectivity index (χ1n) is 6.46. The smallest absolute Gasteiger partial charge is 0.341 e. The van der Waals surface area contributed by atoms with E-state index in [9.17, 15) is 9.18 Å². The third kappa shape index (κ3) is 2.76. The van der Waals surface area contributed by atoms with Gasteiger partial charge in [-0.25, -0.2) is 9.18 Å². The predicted octanol–water partition coefficient (Wildman–Crippen LogP) is 3.89. The topological polar surface area (TPSA) is 51.5 Å². The Bertz CT molecular complexity index is 842. The van der Waals surface area contributed by atoms with Crippen LogP contribution >= 0.6 is 11.6 Å². The summed E-state index contributed by atoms with van der Waals surface area (Å²) in [6.07, 6.45) is 1.66. The van der Waals surface area contributed by atoms with E-state index >= 15 is 0 Å². The van der Waals surface area contributed by atoms with Gasteiger partial charge in [-0.15, -0.1) is 0 Å². The average molecular weight is 320 g/mol. The second-order valence-corrected chi connectivity index (χ2v) is 5.12. The number of nitrogens with zero attached hydrogens (tertiary/aromatic N) is 1. The summed E-state index contributed by atoms with van der Waals surface area (Å²) >= 11 is 6.03. The third-order valence-electron chi connectivity index (χ3n) is 3.19. The number of carboxylic acids is 1. The van der Waals surface area contributed by atoms with Crippen LogP contribution in [0.4, 0.5) is 4.39 Å². The molecular formula is C16H11ClFNO3. The van der Waals surface area contributed by atoms with E-state index in [1.165, 1.54) is 12.1 Å². The van der Waals surface area contributed by atoms with Crippen LogP contribution in [0.2, 0.25) is 5.02 Å². The highest BCUT2D eigenvalue weighted by molar-refractivity contribution is 6.31. The molecule has 0 atom stereocenters. The molecule has 0 fully saturated rings. The molecule has 0 saturated carbocycles. The Hall–Kier alpha value is -2.53. The summed E-state index contributed by atoms with van der Waals surface area (Å²) in [6, 6.07) is 11.1. The molecule has 0 amide bonds. The maximum absolute atomic E-state index is 13.1.